The van der Waals surface area contributed by atoms with Gasteiger partial charge >= 0.3 is 12.4 Å². The van der Waals surface area contributed by atoms with Gasteiger partial charge in [0, 0.05) is 57.5 Å². The van der Waals surface area contributed by atoms with E-state index in [-0.39, 0.29) is 74.5 Å². The zero-order valence-electron chi connectivity index (χ0n) is 34.3. The number of amides is 3. The van der Waals surface area contributed by atoms with E-state index in [1.54, 1.807) is 53.6 Å². The fourth-order valence-electron chi connectivity index (χ4n) is 9.35. The summed E-state index contributed by atoms with van der Waals surface area (Å²) in [6.45, 7) is 3.29. The molecule has 4 heterocycles. The molecule has 0 bridgehead atoms. The number of nitriles is 1. The van der Waals surface area contributed by atoms with Crippen molar-refractivity contribution in [1.82, 2.24) is 29.8 Å². The molecule has 3 amide bonds. The normalized spacial score (nSPS) is 24.2. The van der Waals surface area contributed by atoms with E-state index in [9.17, 15) is 50.8 Å². The number of nitrogens with zero attached hydrogens (tertiary/aromatic N) is 7. The predicted molar refractivity (Wildman–Crippen MR) is 217 cm³/mol. The molecular weight excluding hydrogens is 843 g/mol. The molecule has 7 rings (SSSR count). The number of hydrogen-bond donors (Lipinski definition) is 1. The minimum absolute atomic E-state index is 0.0118. The summed E-state index contributed by atoms with van der Waals surface area (Å²) >= 11 is 5.69. The monoisotopic (exact) mass is 888 g/mol. The number of nitrogens with one attached hydrogen (secondary N) is 1. The van der Waals surface area contributed by atoms with Crippen molar-refractivity contribution in [2.24, 2.45) is 7.05 Å². The Morgan fingerprint density at radius 1 is 1.03 bits per heavy atom. The van der Waals surface area contributed by atoms with Crippen molar-refractivity contribution in [2.45, 2.75) is 101 Å². The van der Waals surface area contributed by atoms with Crippen LogP contribution in [0.2, 0.25) is 0 Å². The van der Waals surface area contributed by atoms with Crippen molar-refractivity contribution in [3.8, 4) is 6.07 Å². The first kappa shape index (κ1) is 45.1. The fourth-order valence-corrected chi connectivity index (χ4v) is 9.91. The van der Waals surface area contributed by atoms with Gasteiger partial charge in [-0.1, -0.05) is 18.2 Å². The highest BCUT2D eigenvalue weighted by Crippen LogP contribution is 2.41. The number of ether oxygens (including phenoxy) is 1. The number of fused-ring (bicyclic) bond motifs is 1. The summed E-state index contributed by atoms with van der Waals surface area (Å²) in [6, 6.07) is 7.71. The zero-order chi connectivity index (χ0) is 44.9. The third-order valence-electron chi connectivity index (χ3n) is 12.4. The number of carbonyl (C=O) groups is 4. The van der Waals surface area contributed by atoms with Crippen LogP contribution in [0.25, 0.3) is 10.9 Å². The van der Waals surface area contributed by atoms with E-state index in [0.717, 1.165) is 17.0 Å². The molecule has 1 aromatic heterocycles. The third kappa shape index (κ3) is 8.94. The average Bonchev–Trinajstić information content (AvgIpc) is 3.63. The number of hydrogen-bond acceptors (Lipinski definition) is 10. The number of benzene rings is 2. The summed E-state index contributed by atoms with van der Waals surface area (Å²) < 4.78 is 92.3. The minimum Gasteiger partial charge on any atom is -0.377 e. The van der Waals surface area contributed by atoms with Gasteiger partial charge < -0.3 is 9.64 Å². The Morgan fingerprint density at radius 2 is 1.76 bits per heavy atom. The lowest BCUT2D eigenvalue weighted by molar-refractivity contribution is -0.197. The molecule has 62 heavy (non-hydrogen) atoms. The Bertz CT molecular complexity index is 2320. The molecule has 2 atom stereocenters. The lowest BCUT2D eigenvalue weighted by Gasteiger charge is -2.42. The number of thiocarbonyl (C=S) groups is 1. The Morgan fingerprint density at radius 3 is 2.42 bits per heavy atom. The maximum atomic E-state index is 14.5. The summed E-state index contributed by atoms with van der Waals surface area (Å²) in [5.74, 6) is -2.35. The van der Waals surface area contributed by atoms with E-state index >= 15 is 0 Å². The molecule has 1 aliphatic carbocycles. The Labute approximate surface area is 358 Å². The molecule has 2 aromatic carbocycles. The molecular formula is C42H46F6N8O5S. The number of piperazine rings is 1. The fraction of sp³-hybridized carbons (Fsp3) is 0.548. The van der Waals surface area contributed by atoms with Crippen LogP contribution in [0.4, 0.5) is 32.0 Å². The Hall–Kier alpha value is -4.97. The maximum Gasteiger partial charge on any atom is 0.417 e. The number of halogens is 6. The number of rotatable bonds is 11. The molecule has 4 fully saturated rings. The van der Waals surface area contributed by atoms with Crippen molar-refractivity contribution in [3.05, 3.63) is 58.8 Å². The molecule has 1 N–H and O–H groups in total. The highest BCUT2D eigenvalue weighted by molar-refractivity contribution is 7.80. The van der Waals surface area contributed by atoms with Gasteiger partial charge in [-0.3, -0.25) is 43.9 Å². The van der Waals surface area contributed by atoms with Gasteiger partial charge in [0.25, 0.3) is 5.91 Å². The molecule has 332 valence electrons. The first-order chi connectivity index (χ1) is 29.2. The average molecular weight is 889 g/mol. The molecule has 0 spiro atoms. The number of piperidine rings is 1. The Balaban J connectivity index is 0.910. The number of Topliss-reactive ketones (excluding diaryl/α,β-unsaturated/α-hetero) is 1. The van der Waals surface area contributed by atoms with Crippen LogP contribution in [-0.4, -0.2) is 122 Å². The minimum atomic E-state index is -4.82. The standard InChI is InChI=1S/C42H46F6N8O5S/c1-40(2)38(60)55(27-8-7-25(21-49)32(20-27)41(43,44)45)39(62)56(40)26-9-11-29(12-10-26)61-18-17-53-15-16-54(33(23-53)42(46,47)48)22-28(57)19-24-5-4-6-30-35(51-52(3)36(24)30)31-13-14-34(58)50-37(31)59/h4-8,20,26,29,31,33H,9-19,22-23H2,1-3H3,(H,50,58,59)/t26?,29?,31?,33-/m1/s1. The SMILES string of the molecule is Cn1nc(C2CCC(=O)NC2=O)c2cccc(CC(=O)CN3CCN(CCOC4CCC(N5C(=S)N(c6ccc(C#N)c(C(F)(F)F)c6)C(=O)C5(C)C)CC4)C[C@@H]3C(F)(F)F)c21. The van der Waals surface area contributed by atoms with Crippen LogP contribution in [0.5, 0.6) is 0 Å². The summed E-state index contributed by atoms with van der Waals surface area (Å²) in [6.07, 6.45) is -7.06. The molecule has 3 aromatic rings. The maximum absolute atomic E-state index is 14.5. The first-order valence-corrected chi connectivity index (χ1v) is 20.8. The van der Waals surface area contributed by atoms with Gasteiger partial charge in [-0.15, -0.1) is 0 Å². The van der Waals surface area contributed by atoms with Crippen LogP contribution in [0, 0.1) is 11.3 Å². The smallest absolute Gasteiger partial charge is 0.377 e. The number of carbonyl (C=O) groups excluding carboxylic acids is 4. The van der Waals surface area contributed by atoms with Gasteiger partial charge in [-0.25, -0.2) is 0 Å². The van der Waals surface area contributed by atoms with Gasteiger partial charge in [0.15, 0.2) is 10.9 Å². The van der Waals surface area contributed by atoms with Crippen LogP contribution in [0.1, 0.15) is 80.7 Å². The third-order valence-corrected chi connectivity index (χ3v) is 12.8. The van der Waals surface area contributed by atoms with E-state index in [0.29, 0.717) is 54.3 Å². The van der Waals surface area contributed by atoms with Gasteiger partial charge in [-0.2, -0.15) is 36.7 Å². The van der Waals surface area contributed by atoms with Crippen LogP contribution in [0.15, 0.2) is 36.4 Å². The Kier molecular flexibility index (Phi) is 12.6. The van der Waals surface area contributed by atoms with Crippen molar-refractivity contribution in [1.29, 1.82) is 5.26 Å². The van der Waals surface area contributed by atoms with Crippen molar-refractivity contribution in [3.63, 3.8) is 0 Å². The molecule has 3 aliphatic heterocycles. The second-order valence-electron chi connectivity index (χ2n) is 16.9. The topological polar surface area (TPSA) is 144 Å². The van der Waals surface area contributed by atoms with Gasteiger partial charge in [0.1, 0.15) is 11.6 Å². The van der Waals surface area contributed by atoms with E-state index < -0.39 is 65.1 Å². The number of alkyl halides is 6. The summed E-state index contributed by atoms with van der Waals surface area (Å²) in [7, 11) is 1.67. The van der Waals surface area contributed by atoms with E-state index in [4.69, 9.17) is 17.0 Å². The van der Waals surface area contributed by atoms with Crippen LogP contribution in [0.3, 0.4) is 0 Å². The van der Waals surface area contributed by atoms with Crippen LogP contribution in [-0.2, 0) is 43.6 Å². The number of aryl methyl sites for hydroxylation is 1. The van der Waals surface area contributed by atoms with Gasteiger partial charge in [0.05, 0.1) is 59.3 Å². The molecule has 3 saturated heterocycles. The van der Waals surface area contributed by atoms with E-state index in [2.05, 4.69) is 10.4 Å². The van der Waals surface area contributed by atoms with Gasteiger partial charge in [0.2, 0.25) is 11.8 Å². The number of aromatic nitrogens is 2. The number of ketones is 1. The van der Waals surface area contributed by atoms with Crippen LogP contribution >= 0.6 is 12.2 Å². The molecule has 1 saturated carbocycles. The van der Waals surface area contributed by atoms with Gasteiger partial charge in [-0.05, 0) is 81.9 Å². The van der Waals surface area contributed by atoms with E-state index in [1.165, 1.54) is 17.0 Å². The molecule has 4 aliphatic rings. The summed E-state index contributed by atoms with van der Waals surface area (Å²) in [5.41, 5.74) is -1.33. The highest BCUT2D eigenvalue weighted by Gasteiger charge is 2.53. The summed E-state index contributed by atoms with van der Waals surface area (Å²) in [4.78, 5) is 57.0. The second-order valence-corrected chi connectivity index (χ2v) is 17.2. The van der Waals surface area contributed by atoms with E-state index in [1.807, 2.05) is 0 Å². The molecule has 0 radical (unpaired) electrons. The van der Waals surface area contributed by atoms with Crippen molar-refractivity contribution >= 4 is 57.4 Å². The molecule has 20 heteroatoms. The summed E-state index contributed by atoms with van der Waals surface area (Å²) in [5, 5.41) is 16.8. The first-order valence-electron chi connectivity index (χ1n) is 20.4. The lowest BCUT2D eigenvalue weighted by Crippen LogP contribution is -2.60. The number of anilines is 1. The zero-order valence-corrected chi connectivity index (χ0v) is 35.1. The second kappa shape index (κ2) is 17.3. The largest absolute Gasteiger partial charge is 0.417 e. The molecule has 1 unspecified atom stereocenters. The predicted octanol–water partition coefficient (Wildman–Crippen LogP) is 5.38. The quantitative estimate of drug-likeness (QED) is 0.151. The van der Waals surface area contributed by atoms with Crippen molar-refractivity contribution in [2.75, 3.05) is 44.2 Å². The molecule has 13 nitrogen and oxygen atoms in total. The van der Waals surface area contributed by atoms with Crippen molar-refractivity contribution < 1.29 is 50.3 Å². The number of imide groups is 1. The highest BCUT2D eigenvalue weighted by atomic mass is 32.1. The van der Waals surface area contributed by atoms with Crippen LogP contribution < -0.4 is 10.2 Å². The lowest BCUT2D eigenvalue weighted by atomic mass is 9.89. The number of para-hydroxylation sites is 1.